The van der Waals surface area contributed by atoms with Crippen molar-refractivity contribution in [2.75, 3.05) is 19.5 Å². The zero-order chi connectivity index (χ0) is 17.5. The summed E-state index contributed by atoms with van der Waals surface area (Å²) in [4.78, 5) is 22.9. The summed E-state index contributed by atoms with van der Waals surface area (Å²) in [5, 5.41) is 11.4. The van der Waals surface area contributed by atoms with Crippen LogP contribution in [-0.4, -0.2) is 35.8 Å². The average Bonchev–Trinajstić information content (AvgIpc) is 2.99. The Morgan fingerprint density at radius 2 is 2.04 bits per heavy atom. The molecule has 0 aliphatic rings. The minimum atomic E-state index is -1.05. The number of ether oxygens (including phenoxy) is 2. The van der Waals surface area contributed by atoms with Crippen LogP contribution < -0.4 is 14.8 Å². The molecule has 7 heteroatoms. The van der Waals surface area contributed by atoms with Gasteiger partial charge in [0, 0.05) is 24.0 Å². The molecule has 1 aromatic heterocycles. The largest absolute Gasteiger partial charge is 0.497 e. The highest BCUT2D eigenvalue weighted by atomic mass is 16.5. The van der Waals surface area contributed by atoms with Crippen molar-refractivity contribution < 1.29 is 24.2 Å². The van der Waals surface area contributed by atoms with Crippen LogP contribution in [-0.2, 0) is 16.1 Å². The van der Waals surface area contributed by atoms with Gasteiger partial charge >= 0.3 is 5.97 Å². The Balaban J connectivity index is 2.12. The molecule has 0 atom stereocenters. The van der Waals surface area contributed by atoms with Gasteiger partial charge in [0.1, 0.15) is 18.0 Å². The second kappa shape index (κ2) is 7.87. The van der Waals surface area contributed by atoms with Gasteiger partial charge in [-0.15, -0.1) is 0 Å². The molecule has 0 bridgehead atoms. The minimum Gasteiger partial charge on any atom is -0.497 e. The van der Waals surface area contributed by atoms with Gasteiger partial charge in [-0.2, -0.15) is 0 Å². The van der Waals surface area contributed by atoms with E-state index in [-0.39, 0.29) is 12.5 Å². The zero-order valence-electron chi connectivity index (χ0n) is 13.4. The normalized spacial score (nSPS) is 10.6. The van der Waals surface area contributed by atoms with Crippen LogP contribution in [0.15, 0.2) is 42.6 Å². The molecule has 126 valence electrons. The van der Waals surface area contributed by atoms with Crippen molar-refractivity contribution in [1.29, 1.82) is 0 Å². The molecule has 0 fully saturated rings. The predicted octanol–water partition coefficient (Wildman–Crippen LogP) is 2.24. The third-order valence-corrected chi connectivity index (χ3v) is 3.26. The number of carboxylic acid groups (broad SMARTS) is 1. The number of nitrogens with zero attached hydrogens (tertiary/aromatic N) is 1. The van der Waals surface area contributed by atoms with Crippen molar-refractivity contribution in [3.05, 3.63) is 48.3 Å². The smallest absolute Gasteiger partial charge is 0.328 e. The number of amides is 1. The van der Waals surface area contributed by atoms with Crippen LogP contribution in [0, 0.1) is 0 Å². The van der Waals surface area contributed by atoms with Gasteiger partial charge in [0.05, 0.1) is 19.9 Å². The Labute approximate surface area is 139 Å². The fraction of sp³-hybridized carbons (Fsp3) is 0.176. The van der Waals surface area contributed by atoms with E-state index in [2.05, 4.69) is 5.32 Å². The van der Waals surface area contributed by atoms with Gasteiger partial charge in [-0.3, -0.25) is 4.79 Å². The average molecular weight is 330 g/mol. The number of nitrogens with one attached hydrogen (secondary N) is 1. The van der Waals surface area contributed by atoms with E-state index in [9.17, 15) is 9.59 Å². The van der Waals surface area contributed by atoms with Crippen LogP contribution in [0.4, 0.5) is 5.69 Å². The maximum Gasteiger partial charge on any atom is 0.328 e. The molecule has 2 rings (SSSR count). The van der Waals surface area contributed by atoms with E-state index in [1.165, 1.54) is 20.3 Å². The summed E-state index contributed by atoms with van der Waals surface area (Å²) in [7, 11) is 3.05. The molecule has 2 aromatic rings. The lowest BCUT2D eigenvalue weighted by Crippen LogP contribution is -2.19. The van der Waals surface area contributed by atoms with Crippen LogP contribution >= 0.6 is 0 Å². The minimum absolute atomic E-state index is 0.0344. The Bertz CT molecular complexity index is 764. The third kappa shape index (κ3) is 4.39. The lowest BCUT2D eigenvalue weighted by atomic mass is 10.2. The van der Waals surface area contributed by atoms with Crippen molar-refractivity contribution >= 4 is 23.6 Å². The van der Waals surface area contributed by atoms with E-state index in [4.69, 9.17) is 14.6 Å². The lowest BCUT2D eigenvalue weighted by molar-refractivity contribution is -0.131. The second-order valence-corrected chi connectivity index (χ2v) is 4.85. The molecule has 0 unspecified atom stereocenters. The van der Waals surface area contributed by atoms with E-state index < -0.39 is 5.97 Å². The highest BCUT2D eigenvalue weighted by molar-refractivity contribution is 5.92. The summed E-state index contributed by atoms with van der Waals surface area (Å²) in [6.45, 7) is 0.0344. The number of aromatic nitrogens is 1. The number of carbonyl (C=O) groups excluding carboxylic acids is 1. The Morgan fingerprint density at radius 3 is 2.71 bits per heavy atom. The first kappa shape index (κ1) is 17.1. The zero-order valence-corrected chi connectivity index (χ0v) is 13.4. The van der Waals surface area contributed by atoms with E-state index in [1.807, 2.05) is 0 Å². The fourth-order valence-corrected chi connectivity index (χ4v) is 2.14. The first-order valence-corrected chi connectivity index (χ1v) is 7.11. The van der Waals surface area contributed by atoms with E-state index in [0.717, 1.165) is 6.08 Å². The quantitative estimate of drug-likeness (QED) is 0.760. The summed E-state index contributed by atoms with van der Waals surface area (Å²) >= 11 is 0. The van der Waals surface area contributed by atoms with E-state index in [0.29, 0.717) is 22.9 Å². The van der Waals surface area contributed by atoms with Gasteiger partial charge in [-0.25, -0.2) is 4.79 Å². The molecule has 0 saturated carbocycles. The van der Waals surface area contributed by atoms with Gasteiger partial charge in [0.25, 0.3) is 0 Å². The maximum atomic E-state index is 12.3. The number of carbonyl (C=O) groups is 2. The second-order valence-electron chi connectivity index (χ2n) is 4.85. The number of anilines is 1. The Hall–Kier alpha value is -3.22. The highest BCUT2D eigenvalue weighted by Crippen LogP contribution is 2.28. The third-order valence-electron chi connectivity index (χ3n) is 3.26. The molecule has 1 amide bonds. The number of benzene rings is 1. The number of aliphatic carboxylic acids is 1. The van der Waals surface area contributed by atoms with Crippen LogP contribution in [0.1, 0.15) is 5.69 Å². The first-order chi connectivity index (χ1) is 11.5. The molecule has 0 aliphatic carbocycles. The molecule has 2 N–H and O–H groups in total. The van der Waals surface area contributed by atoms with Crippen LogP contribution in [0.2, 0.25) is 0 Å². The van der Waals surface area contributed by atoms with Crippen LogP contribution in [0.5, 0.6) is 11.5 Å². The highest BCUT2D eigenvalue weighted by Gasteiger charge is 2.10. The van der Waals surface area contributed by atoms with Crippen molar-refractivity contribution in [1.82, 2.24) is 4.57 Å². The molecule has 0 radical (unpaired) electrons. The SMILES string of the molecule is COc1ccc(OC)c(NC(=O)Cn2cccc2/C=C/C(=O)O)c1. The molecule has 1 aromatic carbocycles. The van der Waals surface area contributed by atoms with E-state index in [1.54, 1.807) is 41.1 Å². The molecule has 24 heavy (non-hydrogen) atoms. The Morgan fingerprint density at radius 1 is 1.25 bits per heavy atom. The van der Waals surface area contributed by atoms with Gasteiger partial charge in [-0.1, -0.05) is 0 Å². The fourth-order valence-electron chi connectivity index (χ4n) is 2.14. The number of rotatable bonds is 7. The number of hydrogen-bond donors (Lipinski definition) is 2. The summed E-state index contributed by atoms with van der Waals surface area (Å²) in [5.74, 6) is -0.212. The topological polar surface area (TPSA) is 89.8 Å². The van der Waals surface area contributed by atoms with Gasteiger partial charge < -0.3 is 24.5 Å². The van der Waals surface area contributed by atoms with Crippen molar-refractivity contribution in [3.63, 3.8) is 0 Å². The monoisotopic (exact) mass is 330 g/mol. The molecule has 0 spiro atoms. The summed E-state index contributed by atoms with van der Waals surface area (Å²) < 4.78 is 12.0. The molecular weight excluding hydrogens is 312 g/mol. The first-order valence-electron chi connectivity index (χ1n) is 7.11. The summed E-state index contributed by atoms with van der Waals surface area (Å²) in [6, 6.07) is 8.55. The molecule has 1 heterocycles. The lowest BCUT2D eigenvalue weighted by Gasteiger charge is -2.12. The van der Waals surface area contributed by atoms with Crippen LogP contribution in [0.25, 0.3) is 6.08 Å². The standard InChI is InChI=1S/C17H18N2O5/c1-23-13-6-7-15(24-2)14(10-13)18-16(20)11-19-9-3-4-12(19)5-8-17(21)22/h3-10H,11H2,1-2H3,(H,18,20)(H,21,22)/b8-5+. The maximum absolute atomic E-state index is 12.3. The molecule has 0 aliphatic heterocycles. The van der Waals surface area contributed by atoms with E-state index >= 15 is 0 Å². The molecule has 7 nitrogen and oxygen atoms in total. The molecular formula is C17H18N2O5. The Kier molecular flexibility index (Phi) is 5.62. The van der Waals surface area contributed by atoms with Gasteiger partial charge in [0.15, 0.2) is 0 Å². The van der Waals surface area contributed by atoms with Crippen molar-refractivity contribution in [2.45, 2.75) is 6.54 Å². The van der Waals surface area contributed by atoms with Crippen molar-refractivity contribution in [2.24, 2.45) is 0 Å². The molecule has 0 saturated heterocycles. The van der Waals surface area contributed by atoms with Crippen molar-refractivity contribution in [3.8, 4) is 11.5 Å². The summed E-state index contributed by atoms with van der Waals surface area (Å²) in [6.07, 6.45) is 4.15. The number of hydrogen-bond acceptors (Lipinski definition) is 4. The number of carboxylic acids is 1. The van der Waals surface area contributed by atoms with Gasteiger partial charge in [0.2, 0.25) is 5.91 Å². The van der Waals surface area contributed by atoms with Crippen LogP contribution in [0.3, 0.4) is 0 Å². The predicted molar refractivity (Wildman–Crippen MR) is 89.3 cm³/mol. The summed E-state index contributed by atoms with van der Waals surface area (Å²) in [5.41, 5.74) is 1.11. The van der Waals surface area contributed by atoms with Gasteiger partial charge in [-0.05, 0) is 30.3 Å². The number of methoxy groups -OCH3 is 2.